The van der Waals surface area contributed by atoms with Crippen LogP contribution in [0.1, 0.15) is 40.3 Å². The molecule has 0 N–H and O–H groups in total. The standard InChI is InChI=1S/C51H30S12.C21H3N5S12/c1-7-19-31(20-8-1)37-38(32-21-9-2-10-22-32)53-49(52-37)58-43-44(59-49)46-48(63-51(61-46)56-41(35-27-15-5-16-28-35)42(57-51)36-29-17-6-18-30-36)47-45(43)60-50(62-47)54-39(33-23-11-3-12-24-33)40(55-50)34-25-13-4-14-26-34;1-7-15(23-2)35-19(27-7)29-9-10(30-19)13-14(34-21(33-13)37-17(25-4)18(26-5)38-21)12-11(9)31-20(32-12)28-8(6-22)16(24-3)36-20/h1-30H;1H3. The molecule has 2 unspecified atom stereocenters. The Hall–Kier alpha value is -1.95. The Kier molecular flexibility index (Phi) is 19.0. The molecule has 0 saturated carbocycles. The second kappa shape index (κ2) is 27.6. The van der Waals surface area contributed by atoms with E-state index in [1.54, 1.807) is 94.1 Å². The summed E-state index contributed by atoms with van der Waals surface area (Å²) in [5.41, 5.74) is 7.78. The van der Waals surface area contributed by atoms with Crippen LogP contribution in [0.3, 0.4) is 0 Å². The monoisotopic (exact) mass is 1730 g/mol. The van der Waals surface area contributed by atoms with Crippen LogP contribution in [0.5, 0.6) is 0 Å². The molecule has 12 aliphatic rings. The molecule has 0 aliphatic carbocycles. The molecule has 0 amide bonds. The lowest BCUT2D eigenvalue weighted by molar-refractivity contribution is 0.892. The highest BCUT2D eigenvalue weighted by Gasteiger charge is 2.62. The number of thioether (sulfide) groups is 24. The van der Waals surface area contributed by atoms with E-state index in [1.807, 2.05) is 6.92 Å². The van der Waals surface area contributed by atoms with Gasteiger partial charge in [-0.3, -0.25) is 0 Å². The molecule has 0 bridgehead atoms. The topological polar surface area (TPSA) is 41.2 Å². The van der Waals surface area contributed by atoms with Gasteiger partial charge in [0.1, 0.15) is 7.65 Å². The summed E-state index contributed by atoms with van der Waals surface area (Å²) in [6.07, 6.45) is 0. The lowest BCUT2D eigenvalue weighted by Crippen LogP contribution is -2.01. The molecular formula is C72H33N5S24. The van der Waals surface area contributed by atoms with Crippen molar-refractivity contribution >= 4 is 312 Å². The zero-order valence-electron chi connectivity index (χ0n) is 50.9. The number of hydrogen-bond donors (Lipinski definition) is 0. The summed E-state index contributed by atoms with van der Waals surface area (Å²) in [5, 5.41) is 11.8. The average molecular weight is 1740 g/mol. The van der Waals surface area contributed by atoms with Crippen LogP contribution < -0.4 is 0 Å². The lowest BCUT2D eigenvalue weighted by atomic mass is 10.1. The van der Waals surface area contributed by atoms with E-state index in [0.717, 1.165) is 19.7 Å². The van der Waals surface area contributed by atoms with Crippen LogP contribution in [-0.4, -0.2) is 16.5 Å². The predicted octanol–water partition coefficient (Wildman–Crippen LogP) is 30.4. The first-order valence-electron chi connectivity index (χ1n) is 30.0. The summed E-state index contributed by atoms with van der Waals surface area (Å²) in [5.74, 6) is 0. The van der Waals surface area contributed by atoms with Crippen molar-refractivity contribution in [2.45, 2.75) is 82.1 Å². The predicted molar refractivity (Wildman–Crippen MR) is 469 cm³/mol. The van der Waals surface area contributed by atoms with Crippen molar-refractivity contribution in [2.75, 3.05) is 0 Å². The number of nitrogens with zero attached hydrogens (tertiary/aromatic N) is 5. The summed E-state index contributed by atoms with van der Waals surface area (Å²) in [6.45, 7) is 32.4. The zero-order chi connectivity index (χ0) is 68.0. The smallest absolute Gasteiger partial charge is 0.242 e. The normalized spacial score (nSPS) is 23.4. The van der Waals surface area contributed by atoms with Crippen LogP contribution in [-0.2, 0) is 0 Å². The van der Waals surface area contributed by atoms with Gasteiger partial charge in [0.05, 0.1) is 32.4 Å². The Balaban J connectivity index is 0.000000159. The van der Waals surface area contributed by atoms with Crippen molar-refractivity contribution < 1.29 is 0 Å². The van der Waals surface area contributed by atoms with E-state index < -0.39 is 5.49 Å². The van der Waals surface area contributed by atoms with Gasteiger partial charge in [-0.1, -0.05) is 405 Å². The molecule has 12 aliphatic heterocycles. The zero-order valence-corrected chi connectivity index (χ0v) is 70.5. The van der Waals surface area contributed by atoms with Crippen LogP contribution in [0.2, 0.25) is 0 Å². The quantitative estimate of drug-likeness (QED) is 0.148. The molecule has 0 radical (unpaired) electrons. The molecule has 8 aromatic carbocycles. The van der Waals surface area contributed by atoms with Crippen LogP contribution >= 0.6 is 282 Å². The fourth-order valence-electron chi connectivity index (χ4n) is 11.8. The third kappa shape index (κ3) is 12.2. The Morgan fingerprint density at radius 2 is 0.426 bits per heavy atom. The van der Waals surface area contributed by atoms with Gasteiger partial charge in [-0.25, -0.2) is 19.4 Å². The molecule has 0 saturated heterocycles. The third-order valence-corrected chi connectivity index (χ3v) is 56.5. The van der Waals surface area contributed by atoms with E-state index in [9.17, 15) is 5.26 Å². The van der Waals surface area contributed by atoms with Crippen molar-refractivity contribution in [1.29, 1.82) is 5.26 Å². The van der Waals surface area contributed by atoms with Crippen molar-refractivity contribution in [3.05, 3.63) is 291 Å². The first kappa shape index (κ1) is 69.5. The summed E-state index contributed by atoms with van der Waals surface area (Å²) in [6, 6.07) is 68.7. The molecule has 6 spiro atoms. The third-order valence-electron chi connectivity index (χ3n) is 16.0. The molecule has 8 aromatic rings. The maximum Gasteiger partial charge on any atom is 0.247 e. The number of benzene rings is 8. The maximum atomic E-state index is 9.67. The lowest BCUT2D eigenvalue weighted by Gasteiger charge is -2.21. The van der Waals surface area contributed by atoms with E-state index >= 15 is 0 Å². The molecule has 0 fully saturated rings. The van der Waals surface area contributed by atoms with E-state index in [2.05, 4.69) is 349 Å². The van der Waals surface area contributed by atoms with Crippen molar-refractivity contribution in [3.63, 3.8) is 0 Å². The molecule has 0 aromatic heterocycles. The van der Waals surface area contributed by atoms with Gasteiger partial charge in [0.25, 0.3) is 0 Å². The van der Waals surface area contributed by atoms with Gasteiger partial charge < -0.3 is 0 Å². The highest BCUT2D eigenvalue weighted by Crippen LogP contribution is 2.89. The Bertz CT molecular complexity index is 4710. The van der Waals surface area contributed by atoms with Gasteiger partial charge in [-0.2, -0.15) is 5.26 Å². The van der Waals surface area contributed by atoms with Crippen LogP contribution in [0.4, 0.5) is 0 Å². The molecular weight excluding hydrogens is 1700 g/mol. The molecule has 5 nitrogen and oxygen atoms in total. The minimum Gasteiger partial charge on any atom is -0.242 e. The maximum absolute atomic E-state index is 9.67. The van der Waals surface area contributed by atoms with Gasteiger partial charge in [0.2, 0.25) is 20.1 Å². The summed E-state index contributed by atoms with van der Waals surface area (Å²) in [4.78, 5) is 40.4. The van der Waals surface area contributed by atoms with Crippen LogP contribution in [0.15, 0.2) is 271 Å². The molecule has 29 heteroatoms. The average Bonchev–Trinajstić information content (AvgIpc) is 1.53. The Labute approximate surface area is 686 Å². The summed E-state index contributed by atoms with van der Waals surface area (Å²) >= 11 is 44.8. The molecule has 20 rings (SSSR count). The number of hydrogen-bond acceptors (Lipinski definition) is 25. The minimum absolute atomic E-state index is 0.194. The first-order chi connectivity index (χ1) is 49.3. The fourth-order valence-corrected chi connectivity index (χ4v) is 55.8. The molecule has 12 heterocycles. The SMILES string of the molecule is [C-]#[N+]C1=C(C)SC2(S1)Sc1c(c3c(c4c1SC1(SC(C#N)=C([N+]#[C-])S1)S4)SC1(SC([N+]#[C-])=C([N+]#[C-])S1)S3)S2.c1ccc(C2=C(c3ccccc3)SC3(S2)Sc2c4c(c5c(c2S3)SC2(SC(c3ccccc3)=C(c3ccccc3)S2)S5)SC2(SC(c3ccccc3)=C(c3ccccc3)S2)S4)cc1. The van der Waals surface area contributed by atoms with Crippen molar-refractivity contribution in [3.8, 4) is 6.07 Å². The van der Waals surface area contributed by atoms with Crippen LogP contribution in [0.25, 0.3) is 48.8 Å². The molecule has 101 heavy (non-hydrogen) atoms. The molecule has 490 valence electrons. The largest absolute Gasteiger partial charge is 0.247 e. The second-order valence-electron chi connectivity index (χ2n) is 22.2. The van der Waals surface area contributed by atoms with Gasteiger partial charge in [-0.15, -0.1) is 58.8 Å². The minimum atomic E-state index is -0.471. The summed E-state index contributed by atoms with van der Waals surface area (Å²) < 4.78 is -1.82. The highest BCUT2D eigenvalue weighted by molar-refractivity contribution is 8.58. The van der Waals surface area contributed by atoms with Gasteiger partial charge >= 0.3 is 0 Å². The van der Waals surface area contributed by atoms with Gasteiger partial charge in [0.15, 0.2) is 13.7 Å². The van der Waals surface area contributed by atoms with E-state index in [1.165, 1.54) is 159 Å². The highest BCUT2D eigenvalue weighted by atomic mass is 32.3. The van der Waals surface area contributed by atoms with Crippen LogP contribution in [0, 0.1) is 37.6 Å². The summed E-state index contributed by atoms with van der Waals surface area (Å²) in [7, 11) is 0. The number of allylic oxidation sites excluding steroid dienone is 2. The van der Waals surface area contributed by atoms with E-state index in [4.69, 9.17) is 26.3 Å². The van der Waals surface area contributed by atoms with Crippen molar-refractivity contribution in [1.82, 2.24) is 0 Å². The number of fused-ring (bicyclic) bond motifs is 12. The number of nitriles is 1. The number of rotatable bonds is 6. The Morgan fingerprint density at radius 3 is 0.624 bits per heavy atom. The Morgan fingerprint density at radius 1 is 0.238 bits per heavy atom. The van der Waals surface area contributed by atoms with Gasteiger partial charge in [-0.05, 0) is 45.2 Å². The van der Waals surface area contributed by atoms with Gasteiger partial charge in [0, 0.05) is 88.2 Å². The second-order valence-corrected chi connectivity index (χ2v) is 61.0. The first-order valence-corrected chi connectivity index (χ1v) is 49.6. The van der Waals surface area contributed by atoms with E-state index in [-0.39, 0.29) is 11.0 Å². The van der Waals surface area contributed by atoms with Crippen molar-refractivity contribution in [2.24, 2.45) is 0 Å². The molecule has 2 atom stereocenters. The fraction of sp³-hybridized carbons (Fsp3) is 0.0972. The van der Waals surface area contributed by atoms with E-state index in [0.29, 0.717) is 20.0 Å².